The Morgan fingerprint density at radius 3 is 2.27 bits per heavy atom. The fraction of sp³-hybridized carbons (Fsp3) is 0.269. The van der Waals surface area contributed by atoms with E-state index in [2.05, 4.69) is 37.3 Å². The van der Waals surface area contributed by atoms with E-state index in [1.54, 1.807) is 12.1 Å². The standard InChI is InChI=1S/C26H24O4/c1-3-18-7-6-9-21-20-8-4-5-10-22(20)25(23(18)21)15-29-26(24(27)28,30-16-25)19-13-11-17(2)12-14-19/h4-14H,3,15-16H2,1-2H3,(H,27,28). The molecule has 1 saturated heterocycles. The molecule has 5 rings (SSSR count). The van der Waals surface area contributed by atoms with Gasteiger partial charge in [-0.1, -0.05) is 79.2 Å². The lowest BCUT2D eigenvalue weighted by Gasteiger charge is -2.44. The van der Waals surface area contributed by atoms with E-state index in [0.717, 1.165) is 17.5 Å². The van der Waals surface area contributed by atoms with Crippen LogP contribution in [0.2, 0.25) is 0 Å². The van der Waals surface area contributed by atoms with E-state index in [1.807, 2.05) is 31.2 Å². The largest absolute Gasteiger partial charge is 0.477 e. The van der Waals surface area contributed by atoms with Crippen molar-refractivity contribution in [1.82, 2.24) is 0 Å². The van der Waals surface area contributed by atoms with Crippen LogP contribution in [0.25, 0.3) is 11.1 Å². The minimum atomic E-state index is -1.79. The monoisotopic (exact) mass is 400 g/mol. The molecule has 0 bridgehead atoms. The van der Waals surface area contributed by atoms with Crippen LogP contribution >= 0.6 is 0 Å². The molecule has 0 aromatic heterocycles. The maximum absolute atomic E-state index is 12.3. The highest BCUT2D eigenvalue weighted by Gasteiger charge is 2.55. The lowest BCUT2D eigenvalue weighted by atomic mass is 9.76. The summed E-state index contributed by atoms with van der Waals surface area (Å²) in [6.45, 7) is 4.60. The highest BCUT2D eigenvalue weighted by molar-refractivity contribution is 5.83. The third-order valence-electron chi connectivity index (χ3n) is 6.50. The normalized spacial score (nSPS) is 24.5. The Kier molecular flexibility index (Phi) is 4.31. The number of ether oxygens (including phenoxy) is 2. The second-order valence-electron chi connectivity index (χ2n) is 8.19. The van der Waals surface area contributed by atoms with Crippen molar-refractivity contribution in [1.29, 1.82) is 0 Å². The van der Waals surface area contributed by atoms with Gasteiger partial charge in [0.05, 0.1) is 18.6 Å². The van der Waals surface area contributed by atoms with Crippen molar-refractivity contribution in [2.75, 3.05) is 13.2 Å². The lowest BCUT2D eigenvalue weighted by molar-refractivity contribution is -0.287. The fourth-order valence-corrected chi connectivity index (χ4v) is 4.97. The van der Waals surface area contributed by atoms with E-state index >= 15 is 0 Å². The number of carboxylic acid groups (broad SMARTS) is 1. The topological polar surface area (TPSA) is 55.8 Å². The average Bonchev–Trinajstić information content (AvgIpc) is 3.05. The van der Waals surface area contributed by atoms with Crippen LogP contribution in [0.4, 0.5) is 0 Å². The molecule has 4 heteroatoms. The summed E-state index contributed by atoms with van der Waals surface area (Å²) in [4.78, 5) is 12.3. The molecule has 0 radical (unpaired) electrons. The number of hydrogen-bond donors (Lipinski definition) is 1. The van der Waals surface area contributed by atoms with Crippen LogP contribution in [0.15, 0.2) is 66.7 Å². The zero-order chi connectivity index (χ0) is 20.9. The van der Waals surface area contributed by atoms with E-state index in [-0.39, 0.29) is 13.2 Å². The molecule has 0 atom stereocenters. The van der Waals surface area contributed by atoms with Crippen molar-refractivity contribution in [2.24, 2.45) is 0 Å². The van der Waals surface area contributed by atoms with Crippen LogP contribution in [0.3, 0.4) is 0 Å². The summed E-state index contributed by atoms with van der Waals surface area (Å²) in [5.41, 5.74) is 7.00. The lowest BCUT2D eigenvalue weighted by Crippen LogP contribution is -2.54. The maximum atomic E-state index is 12.3. The molecule has 152 valence electrons. The Bertz CT molecular complexity index is 1120. The minimum Gasteiger partial charge on any atom is -0.477 e. The molecule has 0 unspecified atom stereocenters. The maximum Gasteiger partial charge on any atom is 0.369 e. The zero-order valence-corrected chi connectivity index (χ0v) is 17.1. The molecule has 0 saturated carbocycles. The fourth-order valence-electron chi connectivity index (χ4n) is 4.97. The van der Waals surface area contributed by atoms with Crippen LogP contribution in [0.5, 0.6) is 0 Å². The van der Waals surface area contributed by atoms with Crippen molar-refractivity contribution < 1.29 is 19.4 Å². The molecule has 1 aliphatic carbocycles. The second kappa shape index (κ2) is 6.79. The third kappa shape index (κ3) is 2.51. The van der Waals surface area contributed by atoms with Gasteiger partial charge < -0.3 is 14.6 Å². The first-order valence-electron chi connectivity index (χ1n) is 10.3. The molecular weight excluding hydrogens is 376 g/mol. The van der Waals surface area contributed by atoms with Gasteiger partial charge in [-0.25, -0.2) is 4.79 Å². The predicted octanol–water partition coefficient (Wildman–Crippen LogP) is 4.81. The van der Waals surface area contributed by atoms with Gasteiger partial charge in [-0.05, 0) is 41.2 Å². The summed E-state index contributed by atoms with van der Waals surface area (Å²) in [5, 5.41) is 10.1. The first-order valence-corrected chi connectivity index (χ1v) is 10.3. The van der Waals surface area contributed by atoms with E-state index < -0.39 is 17.2 Å². The van der Waals surface area contributed by atoms with Crippen molar-refractivity contribution in [3.8, 4) is 11.1 Å². The van der Waals surface area contributed by atoms with Crippen LogP contribution in [0, 0.1) is 6.92 Å². The van der Waals surface area contributed by atoms with E-state index in [9.17, 15) is 9.90 Å². The Morgan fingerprint density at radius 2 is 1.60 bits per heavy atom. The van der Waals surface area contributed by atoms with E-state index in [1.165, 1.54) is 22.3 Å². The number of carbonyl (C=O) groups is 1. The Hall–Kier alpha value is -2.95. The Labute approximate surface area is 176 Å². The van der Waals surface area contributed by atoms with Gasteiger partial charge >= 0.3 is 5.97 Å². The summed E-state index contributed by atoms with van der Waals surface area (Å²) < 4.78 is 12.4. The average molecular weight is 400 g/mol. The Balaban J connectivity index is 1.63. The number of benzene rings is 3. The van der Waals surface area contributed by atoms with Gasteiger partial charge in [0.2, 0.25) is 0 Å². The van der Waals surface area contributed by atoms with Gasteiger partial charge in [-0.2, -0.15) is 0 Å². The van der Waals surface area contributed by atoms with Crippen molar-refractivity contribution in [3.05, 3.63) is 94.5 Å². The van der Waals surface area contributed by atoms with Crippen LogP contribution in [-0.2, 0) is 31.9 Å². The van der Waals surface area contributed by atoms with Gasteiger partial charge in [0.1, 0.15) is 0 Å². The molecule has 1 fully saturated rings. The van der Waals surface area contributed by atoms with Crippen LogP contribution < -0.4 is 0 Å². The van der Waals surface area contributed by atoms with Crippen molar-refractivity contribution in [3.63, 3.8) is 0 Å². The molecule has 30 heavy (non-hydrogen) atoms. The molecule has 3 aromatic rings. The molecular formula is C26H24O4. The summed E-state index contributed by atoms with van der Waals surface area (Å²) in [5.74, 6) is -2.92. The summed E-state index contributed by atoms with van der Waals surface area (Å²) in [7, 11) is 0. The number of aliphatic carboxylic acids is 1. The predicted molar refractivity (Wildman–Crippen MR) is 114 cm³/mol. The van der Waals surface area contributed by atoms with Gasteiger partial charge in [0.25, 0.3) is 5.79 Å². The highest BCUT2D eigenvalue weighted by atomic mass is 16.7. The second-order valence-corrected chi connectivity index (χ2v) is 8.19. The van der Waals surface area contributed by atoms with Gasteiger partial charge in [0.15, 0.2) is 0 Å². The van der Waals surface area contributed by atoms with Gasteiger partial charge in [-0.3, -0.25) is 0 Å². The van der Waals surface area contributed by atoms with Gasteiger partial charge in [-0.15, -0.1) is 0 Å². The Morgan fingerprint density at radius 1 is 0.933 bits per heavy atom. The molecule has 0 amide bonds. The number of fused-ring (bicyclic) bond motifs is 5. The number of hydrogen-bond acceptors (Lipinski definition) is 3. The summed E-state index contributed by atoms with van der Waals surface area (Å²) >= 11 is 0. The number of carboxylic acids is 1. The first-order chi connectivity index (χ1) is 14.5. The van der Waals surface area contributed by atoms with Crippen molar-refractivity contribution >= 4 is 5.97 Å². The molecule has 3 aromatic carbocycles. The number of aryl methyl sites for hydroxylation is 2. The molecule has 1 heterocycles. The van der Waals surface area contributed by atoms with E-state index in [0.29, 0.717) is 5.56 Å². The SMILES string of the molecule is CCc1cccc2c1C1(COC(C(=O)O)(c3ccc(C)cc3)OC1)c1ccccc1-2. The van der Waals surface area contributed by atoms with Crippen molar-refractivity contribution in [2.45, 2.75) is 31.5 Å². The van der Waals surface area contributed by atoms with Gasteiger partial charge in [0, 0.05) is 5.56 Å². The molecule has 4 nitrogen and oxygen atoms in total. The van der Waals surface area contributed by atoms with Crippen LogP contribution in [0.1, 0.15) is 34.7 Å². The minimum absolute atomic E-state index is 0.244. The number of rotatable bonds is 3. The van der Waals surface area contributed by atoms with Crippen LogP contribution in [-0.4, -0.2) is 24.3 Å². The molecule has 2 aliphatic rings. The molecule has 1 spiro atoms. The zero-order valence-electron chi connectivity index (χ0n) is 17.1. The first kappa shape index (κ1) is 19.0. The quantitative estimate of drug-likeness (QED) is 0.686. The smallest absolute Gasteiger partial charge is 0.369 e. The van der Waals surface area contributed by atoms with E-state index in [4.69, 9.17) is 9.47 Å². The molecule has 1 aliphatic heterocycles. The molecule has 1 N–H and O–H groups in total. The summed E-state index contributed by atoms with van der Waals surface area (Å²) in [6.07, 6.45) is 0.890. The highest BCUT2D eigenvalue weighted by Crippen LogP contribution is 2.53. The summed E-state index contributed by atoms with van der Waals surface area (Å²) in [6, 6.07) is 22.0. The third-order valence-corrected chi connectivity index (χ3v) is 6.50.